The minimum Gasteiger partial charge on any atom is -0.478 e. The van der Waals surface area contributed by atoms with Gasteiger partial charge in [-0.25, -0.2) is 9.18 Å². The molecule has 0 aliphatic carbocycles. The number of nitrogens with one attached hydrogen (secondary N) is 1. The van der Waals surface area contributed by atoms with Gasteiger partial charge < -0.3 is 9.84 Å². The van der Waals surface area contributed by atoms with Gasteiger partial charge in [-0.05, 0) is 30.3 Å². The van der Waals surface area contributed by atoms with Gasteiger partial charge >= 0.3 is 12.1 Å². The molecule has 0 bridgehead atoms. The molecule has 0 aromatic heterocycles. The number of para-hydroxylation sites is 2. The number of carboxylic acid groups (broad SMARTS) is 1. The molecule has 0 saturated carbocycles. The first-order valence-corrected chi connectivity index (χ1v) is 9.05. The molecule has 0 heterocycles. The number of benzene rings is 3. The molecule has 0 amide bonds. The molecule has 3 aromatic carbocycles. The van der Waals surface area contributed by atoms with Crippen LogP contribution in [0.2, 0.25) is 5.02 Å². The Morgan fingerprint density at radius 2 is 1.74 bits per heavy atom. The topological polar surface area (TPSA) is 87.0 Å². The van der Waals surface area contributed by atoms with Gasteiger partial charge in [0, 0.05) is 12.1 Å². The number of alkyl halides is 3. The Balaban J connectivity index is 1.93. The average Bonchev–Trinajstić information content (AvgIpc) is 2.70. The molecule has 4 N–H and O–H groups in total. The van der Waals surface area contributed by atoms with E-state index in [1.807, 2.05) is 0 Å². The number of hydrogen-bond acceptors (Lipinski definition) is 3. The lowest BCUT2D eigenvalue weighted by atomic mass is 10.1. The molecule has 0 radical (unpaired) electrons. The number of ether oxygens (including phenoxy) is 1. The van der Waals surface area contributed by atoms with Crippen LogP contribution in [0.4, 0.5) is 28.9 Å². The summed E-state index contributed by atoms with van der Waals surface area (Å²) < 4.78 is 59.3. The van der Waals surface area contributed by atoms with Gasteiger partial charge in [-0.15, -0.1) is 0 Å². The lowest BCUT2D eigenvalue weighted by Crippen LogP contribution is -2.72. The first-order chi connectivity index (χ1) is 14.6. The summed E-state index contributed by atoms with van der Waals surface area (Å²) in [5.41, 5.74) is -0.995. The van der Waals surface area contributed by atoms with E-state index in [4.69, 9.17) is 26.9 Å². The minimum atomic E-state index is -4.75. The Morgan fingerprint density at radius 3 is 2.39 bits per heavy atom. The highest BCUT2D eigenvalue weighted by Crippen LogP contribution is 2.40. The third-order valence-corrected chi connectivity index (χ3v) is 4.54. The summed E-state index contributed by atoms with van der Waals surface area (Å²) in [5, 5.41) is 18.1. The van der Waals surface area contributed by atoms with E-state index in [1.165, 1.54) is 41.7 Å². The molecule has 3 aromatic rings. The highest BCUT2D eigenvalue weighted by atomic mass is 35.5. The number of nitrogens with two attached hydrogens (primary N) is 1. The molecule has 31 heavy (non-hydrogen) atoms. The second-order valence-electron chi connectivity index (χ2n) is 6.32. The fraction of sp³-hybridized carbons (Fsp3) is 0.0476. The number of halogens is 5. The summed E-state index contributed by atoms with van der Waals surface area (Å²) in [6.07, 6.45) is -4.75. The molecule has 0 fully saturated rings. The van der Waals surface area contributed by atoms with Crippen molar-refractivity contribution in [1.82, 2.24) is 0 Å². The van der Waals surface area contributed by atoms with Gasteiger partial charge in [-0.2, -0.15) is 13.2 Å². The highest BCUT2D eigenvalue weighted by Gasteiger charge is 2.36. The largest absolute Gasteiger partial charge is 0.478 e. The number of carbonyl (C=O) groups is 1. The van der Waals surface area contributed by atoms with E-state index < -0.39 is 35.2 Å². The van der Waals surface area contributed by atoms with Crippen LogP contribution in [0.3, 0.4) is 0 Å². The first-order valence-electron chi connectivity index (χ1n) is 8.67. The van der Waals surface area contributed by atoms with E-state index in [0.29, 0.717) is 0 Å². The van der Waals surface area contributed by atoms with Crippen LogP contribution in [0.1, 0.15) is 21.5 Å². The van der Waals surface area contributed by atoms with Crippen molar-refractivity contribution in [2.45, 2.75) is 6.18 Å². The van der Waals surface area contributed by atoms with Crippen LogP contribution in [0.25, 0.3) is 0 Å². The maximum Gasteiger partial charge on any atom is 0.420 e. The van der Waals surface area contributed by atoms with Crippen molar-refractivity contribution >= 4 is 34.8 Å². The van der Waals surface area contributed by atoms with Crippen LogP contribution >= 0.6 is 11.6 Å². The van der Waals surface area contributed by atoms with Crippen LogP contribution in [0.5, 0.6) is 5.75 Å². The molecule has 0 unspecified atom stereocenters. The summed E-state index contributed by atoms with van der Waals surface area (Å²) in [6.45, 7) is 0. The van der Waals surface area contributed by atoms with Crippen LogP contribution in [-0.4, -0.2) is 17.0 Å². The molecular weight excluding hydrogens is 440 g/mol. The summed E-state index contributed by atoms with van der Waals surface area (Å²) in [4.78, 5) is 11.0. The van der Waals surface area contributed by atoms with Crippen molar-refractivity contribution in [2.75, 3.05) is 0 Å². The van der Waals surface area contributed by atoms with E-state index in [9.17, 15) is 22.4 Å². The maximum absolute atomic E-state index is 14.3. The fourth-order valence-electron chi connectivity index (χ4n) is 2.77. The van der Waals surface area contributed by atoms with Gasteiger partial charge in [0.2, 0.25) is 5.90 Å². The van der Waals surface area contributed by atoms with Crippen LogP contribution in [-0.2, 0) is 6.18 Å². The van der Waals surface area contributed by atoms with E-state index in [0.717, 1.165) is 18.2 Å². The molecule has 0 aliphatic heterocycles. The zero-order chi connectivity index (χ0) is 22.8. The molecular formula is C21H14ClF4N2O3+. The molecule has 3 rings (SSSR count). The predicted molar refractivity (Wildman–Crippen MR) is 105 cm³/mol. The van der Waals surface area contributed by atoms with Gasteiger partial charge in [0.05, 0.1) is 21.7 Å². The summed E-state index contributed by atoms with van der Waals surface area (Å²) in [6, 6.07) is 12.5. The third-order valence-electron chi connectivity index (χ3n) is 4.24. The van der Waals surface area contributed by atoms with E-state index >= 15 is 0 Å². The monoisotopic (exact) mass is 453 g/mol. The van der Waals surface area contributed by atoms with Crippen molar-refractivity contribution < 1.29 is 37.5 Å². The molecule has 0 spiro atoms. The van der Waals surface area contributed by atoms with Crippen LogP contribution in [0, 0.1) is 11.2 Å². The van der Waals surface area contributed by atoms with Gasteiger partial charge in [-0.1, -0.05) is 29.8 Å². The molecule has 10 heteroatoms. The summed E-state index contributed by atoms with van der Waals surface area (Å²) in [5.74, 6) is -3.45. The number of rotatable bonds is 5. The van der Waals surface area contributed by atoms with Crippen molar-refractivity contribution in [2.24, 2.45) is 0 Å². The Hall–Kier alpha value is -3.43. The van der Waals surface area contributed by atoms with Gasteiger partial charge in [0.25, 0.3) is 0 Å². The number of aromatic carboxylic acids is 1. The van der Waals surface area contributed by atoms with Gasteiger partial charge in [-0.3, -0.25) is 10.7 Å². The number of quaternary nitrogens is 1. The highest BCUT2D eigenvalue weighted by molar-refractivity contribution is 6.32. The van der Waals surface area contributed by atoms with Gasteiger partial charge in [0.1, 0.15) is 5.69 Å². The second kappa shape index (κ2) is 8.75. The molecule has 5 nitrogen and oxygen atoms in total. The van der Waals surface area contributed by atoms with Crippen LogP contribution in [0.15, 0.2) is 60.7 Å². The standard InChI is InChI=1S/C21H13ClF4N2O3/c22-14-6-3-5-13(21(24,25)26)18(14)31-19(27)12-4-1-2-7-16(12)28-17-9-8-11(20(29)30)10-15(17)23/h1-10,27-28H,(H,29,30)/p+1. The maximum atomic E-state index is 14.3. The third kappa shape index (κ3) is 5.01. The Kier molecular flexibility index (Phi) is 6.28. The molecule has 0 aliphatic rings. The average molecular weight is 454 g/mol. The summed E-state index contributed by atoms with van der Waals surface area (Å²) >= 11 is 5.87. The van der Waals surface area contributed by atoms with E-state index in [1.54, 1.807) is 6.07 Å². The lowest BCUT2D eigenvalue weighted by Gasteiger charge is -2.16. The van der Waals surface area contributed by atoms with Gasteiger partial charge in [0.15, 0.2) is 17.3 Å². The number of hydrogen-bond donors (Lipinski definition) is 3. The minimum absolute atomic E-state index is 0.0268. The zero-order valence-corrected chi connectivity index (χ0v) is 16.3. The molecule has 0 atom stereocenters. The van der Waals surface area contributed by atoms with Crippen molar-refractivity contribution in [1.29, 1.82) is 5.41 Å². The quantitative estimate of drug-likeness (QED) is 0.217. The Labute approximate surface area is 178 Å². The van der Waals surface area contributed by atoms with Crippen molar-refractivity contribution in [3.63, 3.8) is 0 Å². The molecule has 160 valence electrons. The normalized spacial score (nSPS) is 11.3. The van der Waals surface area contributed by atoms with Crippen LogP contribution < -0.4 is 10.1 Å². The van der Waals surface area contributed by atoms with E-state index in [2.05, 4.69) is 0 Å². The molecule has 0 saturated heterocycles. The van der Waals surface area contributed by atoms with Crippen molar-refractivity contribution in [3.8, 4) is 5.75 Å². The Morgan fingerprint density at radius 1 is 1.03 bits per heavy atom. The predicted octanol–water partition coefficient (Wildman–Crippen LogP) is 5.13. The van der Waals surface area contributed by atoms with Crippen molar-refractivity contribution in [3.05, 3.63) is 88.2 Å². The second-order valence-corrected chi connectivity index (χ2v) is 6.73. The smallest absolute Gasteiger partial charge is 0.420 e. The van der Waals surface area contributed by atoms with E-state index in [-0.39, 0.29) is 27.5 Å². The first kappa shape index (κ1) is 22.3. The zero-order valence-electron chi connectivity index (χ0n) is 15.5. The SMILES string of the molecule is N=C(Oc1c(Cl)cccc1C(F)(F)F)c1ccccc1[NH2+]c1ccc(C(=O)O)cc1F. The fourth-order valence-corrected chi connectivity index (χ4v) is 2.98. The Bertz CT molecular complexity index is 1170. The number of carboxylic acids is 1. The summed E-state index contributed by atoms with van der Waals surface area (Å²) in [7, 11) is 0. The lowest BCUT2D eigenvalue weighted by molar-refractivity contribution is -0.481.